The molecule has 0 aliphatic carbocycles. The van der Waals surface area contributed by atoms with E-state index in [4.69, 9.17) is 15.5 Å². The van der Waals surface area contributed by atoms with Crippen molar-refractivity contribution >= 4 is 5.82 Å². The van der Waals surface area contributed by atoms with Crippen LogP contribution < -0.4 is 10.5 Å². The molecule has 3 rings (SSSR count). The molecule has 20 heavy (non-hydrogen) atoms. The first-order valence-corrected chi connectivity index (χ1v) is 6.96. The summed E-state index contributed by atoms with van der Waals surface area (Å²) in [4.78, 5) is 9.07. The Balaban J connectivity index is 2.14. The Morgan fingerprint density at radius 2 is 2.05 bits per heavy atom. The van der Waals surface area contributed by atoms with E-state index in [1.807, 2.05) is 19.1 Å². The molecule has 0 unspecified atom stereocenters. The predicted molar refractivity (Wildman–Crippen MR) is 79.9 cm³/mol. The van der Waals surface area contributed by atoms with Crippen molar-refractivity contribution in [2.45, 2.75) is 33.1 Å². The van der Waals surface area contributed by atoms with Crippen LogP contribution in [0.15, 0.2) is 18.2 Å². The lowest BCUT2D eigenvalue weighted by Crippen LogP contribution is -2.06. The summed E-state index contributed by atoms with van der Waals surface area (Å²) in [5.41, 5.74) is 10.2. The van der Waals surface area contributed by atoms with Gasteiger partial charge in [-0.1, -0.05) is 13.8 Å². The fourth-order valence-corrected chi connectivity index (χ4v) is 2.43. The first-order valence-electron chi connectivity index (χ1n) is 6.96. The summed E-state index contributed by atoms with van der Waals surface area (Å²) in [5.74, 6) is 2.60. The van der Waals surface area contributed by atoms with E-state index in [1.165, 1.54) is 5.56 Å². The smallest absolute Gasteiger partial charge is 0.133 e. The molecule has 0 saturated carbocycles. The molecule has 1 aliphatic heterocycles. The van der Waals surface area contributed by atoms with Gasteiger partial charge in [0.1, 0.15) is 17.4 Å². The van der Waals surface area contributed by atoms with Crippen molar-refractivity contribution < 1.29 is 4.74 Å². The van der Waals surface area contributed by atoms with Gasteiger partial charge >= 0.3 is 0 Å². The van der Waals surface area contributed by atoms with Gasteiger partial charge in [-0.3, -0.25) is 0 Å². The Morgan fingerprint density at radius 1 is 1.25 bits per heavy atom. The molecule has 1 aromatic carbocycles. The summed E-state index contributed by atoms with van der Waals surface area (Å²) in [5, 5.41) is 0. The Kier molecular flexibility index (Phi) is 3.08. The molecule has 2 aromatic rings. The number of ether oxygens (including phenoxy) is 1. The molecule has 0 saturated heterocycles. The van der Waals surface area contributed by atoms with E-state index in [0.29, 0.717) is 5.82 Å². The topological polar surface area (TPSA) is 61.0 Å². The van der Waals surface area contributed by atoms with Crippen LogP contribution in [0, 0.1) is 6.92 Å². The van der Waals surface area contributed by atoms with Gasteiger partial charge in [0, 0.05) is 23.5 Å². The number of anilines is 1. The molecule has 4 heteroatoms. The van der Waals surface area contributed by atoms with Crippen molar-refractivity contribution in [1.82, 2.24) is 9.97 Å². The van der Waals surface area contributed by atoms with Crippen LogP contribution in [0.4, 0.5) is 5.82 Å². The number of hydrogen-bond acceptors (Lipinski definition) is 4. The van der Waals surface area contributed by atoms with Gasteiger partial charge < -0.3 is 10.5 Å². The molecule has 0 spiro atoms. The van der Waals surface area contributed by atoms with Gasteiger partial charge in [-0.2, -0.15) is 0 Å². The van der Waals surface area contributed by atoms with Gasteiger partial charge in [0.25, 0.3) is 0 Å². The largest absolute Gasteiger partial charge is 0.493 e. The highest BCUT2D eigenvalue weighted by atomic mass is 16.5. The minimum absolute atomic E-state index is 0.259. The van der Waals surface area contributed by atoms with Crippen molar-refractivity contribution in [2.75, 3.05) is 12.3 Å². The zero-order valence-corrected chi connectivity index (χ0v) is 12.1. The lowest BCUT2D eigenvalue weighted by Gasteiger charge is -2.12. The Bertz CT molecular complexity index is 665. The number of rotatable bonds is 2. The van der Waals surface area contributed by atoms with Crippen LogP contribution in [0.5, 0.6) is 5.75 Å². The summed E-state index contributed by atoms with van der Waals surface area (Å²) in [6.07, 6.45) is 0.958. The maximum Gasteiger partial charge on any atom is 0.133 e. The van der Waals surface area contributed by atoms with Crippen LogP contribution in [0.2, 0.25) is 0 Å². The summed E-state index contributed by atoms with van der Waals surface area (Å²) in [6.45, 7) is 6.88. The average molecular weight is 269 g/mol. The number of hydrogen-bond donors (Lipinski definition) is 1. The third-order valence-corrected chi connectivity index (χ3v) is 3.68. The van der Waals surface area contributed by atoms with Crippen LogP contribution in [-0.2, 0) is 6.42 Å². The first kappa shape index (κ1) is 12.9. The molecule has 0 bridgehead atoms. The normalized spacial score (nSPS) is 13.4. The minimum atomic E-state index is 0.259. The average Bonchev–Trinajstić information content (AvgIpc) is 2.88. The standard InChI is InChI=1S/C16H19N3O/c1-9(2)16-18-14(10(3)15(17)19-16)12-4-5-13-11(8-12)6-7-20-13/h4-5,8-9H,6-7H2,1-3H3,(H2,17,18,19). The molecule has 0 radical (unpaired) electrons. The number of benzene rings is 1. The quantitative estimate of drug-likeness (QED) is 0.910. The van der Waals surface area contributed by atoms with Crippen molar-refractivity contribution in [1.29, 1.82) is 0 Å². The molecule has 0 atom stereocenters. The zero-order chi connectivity index (χ0) is 14.3. The Labute approximate surface area is 119 Å². The van der Waals surface area contributed by atoms with Gasteiger partial charge in [-0.05, 0) is 30.7 Å². The molecule has 2 N–H and O–H groups in total. The summed E-state index contributed by atoms with van der Waals surface area (Å²) in [7, 11) is 0. The van der Waals surface area contributed by atoms with Crippen LogP contribution in [0.1, 0.15) is 36.7 Å². The van der Waals surface area contributed by atoms with Crippen molar-refractivity contribution in [3.8, 4) is 17.0 Å². The highest BCUT2D eigenvalue weighted by Crippen LogP contribution is 2.32. The number of nitrogens with two attached hydrogens (primary N) is 1. The van der Waals surface area contributed by atoms with E-state index in [-0.39, 0.29) is 5.92 Å². The molecular weight excluding hydrogens is 250 g/mol. The molecule has 1 aliphatic rings. The summed E-state index contributed by atoms with van der Waals surface area (Å²) in [6, 6.07) is 6.22. The fourth-order valence-electron chi connectivity index (χ4n) is 2.43. The van der Waals surface area contributed by atoms with E-state index < -0.39 is 0 Å². The highest BCUT2D eigenvalue weighted by molar-refractivity contribution is 5.69. The van der Waals surface area contributed by atoms with E-state index in [2.05, 4.69) is 24.9 Å². The molecule has 104 valence electrons. The summed E-state index contributed by atoms with van der Waals surface area (Å²) < 4.78 is 5.55. The highest BCUT2D eigenvalue weighted by Gasteiger charge is 2.16. The van der Waals surface area contributed by atoms with Crippen LogP contribution in [-0.4, -0.2) is 16.6 Å². The monoisotopic (exact) mass is 269 g/mol. The maximum atomic E-state index is 6.03. The molecule has 0 amide bonds. The van der Waals surface area contributed by atoms with Gasteiger partial charge in [0.2, 0.25) is 0 Å². The molecule has 1 aromatic heterocycles. The zero-order valence-electron chi connectivity index (χ0n) is 12.1. The summed E-state index contributed by atoms with van der Waals surface area (Å²) >= 11 is 0. The van der Waals surface area contributed by atoms with E-state index in [9.17, 15) is 0 Å². The lowest BCUT2D eigenvalue weighted by atomic mass is 10.0. The SMILES string of the molecule is Cc1c(N)nc(C(C)C)nc1-c1ccc2c(c1)CCO2. The van der Waals surface area contributed by atoms with Crippen molar-refractivity contribution in [3.05, 3.63) is 35.2 Å². The molecule has 2 heterocycles. The third kappa shape index (κ3) is 2.11. The predicted octanol–water partition coefficient (Wildman–Crippen LogP) is 3.09. The number of aromatic nitrogens is 2. The van der Waals surface area contributed by atoms with E-state index in [0.717, 1.165) is 41.4 Å². The number of nitrogen functional groups attached to an aromatic ring is 1. The minimum Gasteiger partial charge on any atom is -0.493 e. The van der Waals surface area contributed by atoms with Crippen molar-refractivity contribution in [3.63, 3.8) is 0 Å². The second-order valence-electron chi connectivity index (χ2n) is 5.52. The third-order valence-electron chi connectivity index (χ3n) is 3.68. The Hall–Kier alpha value is -2.10. The second kappa shape index (κ2) is 4.78. The van der Waals surface area contributed by atoms with Crippen molar-refractivity contribution in [2.24, 2.45) is 0 Å². The molecule has 4 nitrogen and oxygen atoms in total. The number of fused-ring (bicyclic) bond motifs is 1. The molecule has 0 fully saturated rings. The van der Waals surface area contributed by atoms with Gasteiger partial charge in [-0.25, -0.2) is 9.97 Å². The van der Waals surface area contributed by atoms with Gasteiger partial charge in [0.05, 0.1) is 12.3 Å². The van der Waals surface area contributed by atoms with Crippen LogP contribution in [0.3, 0.4) is 0 Å². The van der Waals surface area contributed by atoms with Gasteiger partial charge in [0.15, 0.2) is 0 Å². The van der Waals surface area contributed by atoms with Crippen LogP contribution in [0.25, 0.3) is 11.3 Å². The second-order valence-corrected chi connectivity index (χ2v) is 5.52. The van der Waals surface area contributed by atoms with E-state index >= 15 is 0 Å². The number of nitrogens with zero attached hydrogens (tertiary/aromatic N) is 2. The lowest BCUT2D eigenvalue weighted by molar-refractivity contribution is 0.357. The maximum absolute atomic E-state index is 6.03. The van der Waals surface area contributed by atoms with Crippen LogP contribution >= 0.6 is 0 Å². The first-order chi connectivity index (χ1) is 9.56. The molecular formula is C16H19N3O. The van der Waals surface area contributed by atoms with E-state index in [1.54, 1.807) is 0 Å². The fraction of sp³-hybridized carbons (Fsp3) is 0.375. The van der Waals surface area contributed by atoms with Gasteiger partial charge in [-0.15, -0.1) is 0 Å². The Morgan fingerprint density at radius 3 is 2.80 bits per heavy atom.